The first-order valence-corrected chi connectivity index (χ1v) is 11.0. The fourth-order valence-corrected chi connectivity index (χ4v) is 4.02. The highest BCUT2D eigenvalue weighted by molar-refractivity contribution is 5.88. The summed E-state index contributed by atoms with van der Waals surface area (Å²) in [4.78, 5) is 28.0. The van der Waals surface area contributed by atoms with Crippen LogP contribution in [0, 0.1) is 5.92 Å². The Bertz CT molecular complexity index is 802. The average Bonchev–Trinajstić information content (AvgIpc) is 3.27. The van der Waals surface area contributed by atoms with Crippen molar-refractivity contribution >= 4 is 11.8 Å². The van der Waals surface area contributed by atoms with Gasteiger partial charge in [0, 0.05) is 13.0 Å². The van der Waals surface area contributed by atoms with Crippen molar-refractivity contribution in [2.45, 2.75) is 45.2 Å². The second-order valence-corrected chi connectivity index (χ2v) is 8.42. The topological polar surface area (TPSA) is 61.4 Å². The zero-order valence-electron chi connectivity index (χ0n) is 18.0. The van der Waals surface area contributed by atoms with Gasteiger partial charge in [-0.1, -0.05) is 74.5 Å². The molecule has 0 radical (unpaired) electrons. The van der Waals surface area contributed by atoms with Gasteiger partial charge < -0.3 is 10.6 Å². The quantitative estimate of drug-likeness (QED) is 0.664. The molecule has 0 bridgehead atoms. The normalized spacial score (nSPS) is 16.2. The standard InChI is InChI=1S/C25H33N3O2/c1-19(2)17-23(29)27-24(21-13-7-4-8-14-21)25(30)26-18-22(28-15-9-10-16-28)20-11-5-3-6-12-20/h3-8,11-14,19,22,24H,9-10,15-18H2,1-2H3,(H,26,30)(H,27,29). The smallest absolute Gasteiger partial charge is 0.247 e. The summed E-state index contributed by atoms with van der Waals surface area (Å²) < 4.78 is 0. The number of hydrogen-bond acceptors (Lipinski definition) is 3. The Labute approximate surface area is 179 Å². The van der Waals surface area contributed by atoms with Crippen molar-refractivity contribution in [2.24, 2.45) is 5.92 Å². The molecule has 1 aliphatic rings. The summed E-state index contributed by atoms with van der Waals surface area (Å²) in [5.41, 5.74) is 2.00. The zero-order chi connectivity index (χ0) is 21.3. The van der Waals surface area contributed by atoms with E-state index >= 15 is 0 Å². The molecule has 0 aliphatic carbocycles. The van der Waals surface area contributed by atoms with E-state index in [-0.39, 0.29) is 23.8 Å². The van der Waals surface area contributed by atoms with E-state index in [1.807, 2.05) is 62.4 Å². The highest BCUT2D eigenvalue weighted by Crippen LogP contribution is 2.25. The van der Waals surface area contributed by atoms with Crippen LogP contribution in [-0.4, -0.2) is 36.3 Å². The van der Waals surface area contributed by atoms with Crippen LogP contribution in [0.15, 0.2) is 60.7 Å². The molecule has 3 rings (SSSR count). The number of likely N-dealkylation sites (tertiary alicyclic amines) is 1. The van der Waals surface area contributed by atoms with E-state index < -0.39 is 6.04 Å². The summed E-state index contributed by atoms with van der Waals surface area (Å²) in [6.07, 6.45) is 2.78. The van der Waals surface area contributed by atoms with E-state index in [1.54, 1.807) is 0 Å². The molecule has 2 amide bonds. The summed E-state index contributed by atoms with van der Waals surface area (Å²) in [7, 11) is 0. The van der Waals surface area contributed by atoms with Crippen molar-refractivity contribution in [1.82, 2.24) is 15.5 Å². The lowest BCUT2D eigenvalue weighted by Crippen LogP contribution is -2.43. The number of benzene rings is 2. The van der Waals surface area contributed by atoms with Crippen LogP contribution in [0.3, 0.4) is 0 Å². The molecule has 5 nitrogen and oxygen atoms in total. The van der Waals surface area contributed by atoms with Crippen LogP contribution in [-0.2, 0) is 9.59 Å². The minimum atomic E-state index is -0.688. The van der Waals surface area contributed by atoms with Gasteiger partial charge in [-0.2, -0.15) is 0 Å². The first kappa shape index (κ1) is 22.0. The molecule has 2 N–H and O–H groups in total. The van der Waals surface area contributed by atoms with Gasteiger partial charge in [-0.25, -0.2) is 0 Å². The van der Waals surface area contributed by atoms with E-state index in [4.69, 9.17) is 0 Å². The third-order valence-corrected chi connectivity index (χ3v) is 5.53. The summed E-state index contributed by atoms with van der Waals surface area (Å²) in [5, 5.41) is 6.05. The maximum absolute atomic E-state index is 13.2. The second-order valence-electron chi connectivity index (χ2n) is 8.42. The Kier molecular flexibility index (Phi) is 8.03. The van der Waals surface area contributed by atoms with E-state index in [1.165, 1.54) is 18.4 Å². The summed E-state index contributed by atoms with van der Waals surface area (Å²) >= 11 is 0. The Morgan fingerprint density at radius 3 is 2.03 bits per heavy atom. The molecule has 2 aromatic carbocycles. The molecule has 30 heavy (non-hydrogen) atoms. The number of rotatable bonds is 9. The van der Waals surface area contributed by atoms with Crippen LogP contribution in [0.1, 0.15) is 56.3 Å². The summed E-state index contributed by atoms with van der Waals surface area (Å²) in [5.74, 6) is -0.0336. The number of hydrogen-bond donors (Lipinski definition) is 2. The Balaban J connectivity index is 1.72. The molecule has 1 aliphatic heterocycles. The number of nitrogens with zero attached hydrogens (tertiary/aromatic N) is 1. The Morgan fingerprint density at radius 2 is 1.47 bits per heavy atom. The third kappa shape index (κ3) is 6.17. The van der Waals surface area contributed by atoms with Crippen LogP contribution in [0.5, 0.6) is 0 Å². The molecular formula is C25H33N3O2. The third-order valence-electron chi connectivity index (χ3n) is 5.53. The monoisotopic (exact) mass is 407 g/mol. The SMILES string of the molecule is CC(C)CC(=O)NC(C(=O)NCC(c1ccccc1)N1CCCC1)c1ccccc1. The molecule has 0 aromatic heterocycles. The van der Waals surface area contributed by atoms with E-state index in [0.717, 1.165) is 18.7 Å². The fourth-order valence-electron chi connectivity index (χ4n) is 4.02. The lowest BCUT2D eigenvalue weighted by molar-refractivity contribution is -0.129. The first-order chi connectivity index (χ1) is 14.5. The molecule has 1 saturated heterocycles. The lowest BCUT2D eigenvalue weighted by Gasteiger charge is -2.29. The van der Waals surface area contributed by atoms with Gasteiger partial charge in [0.15, 0.2) is 0 Å². The largest absolute Gasteiger partial charge is 0.352 e. The fraction of sp³-hybridized carbons (Fsp3) is 0.440. The number of nitrogens with one attached hydrogen (secondary N) is 2. The van der Waals surface area contributed by atoms with E-state index in [0.29, 0.717) is 13.0 Å². The maximum atomic E-state index is 13.2. The van der Waals surface area contributed by atoms with Crippen LogP contribution in [0.4, 0.5) is 0 Å². The maximum Gasteiger partial charge on any atom is 0.247 e. The minimum Gasteiger partial charge on any atom is -0.352 e. The van der Waals surface area contributed by atoms with Gasteiger partial charge in [0.1, 0.15) is 6.04 Å². The molecule has 1 heterocycles. The van der Waals surface area contributed by atoms with Gasteiger partial charge in [-0.15, -0.1) is 0 Å². The molecule has 1 fully saturated rings. The zero-order valence-corrected chi connectivity index (χ0v) is 18.0. The van der Waals surface area contributed by atoms with Crippen molar-refractivity contribution in [1.29, 1.82) is 0 Å². The van der Waals surface area contributed by atoms with Crippen LogP contribution in [0.25, 0.3) is 0 Å². The van der Waals surface area contributed by atoms with Crippen molar-refractivity contribution in [3.05, 3.63) is 71.8 Å². The Hall–Kier alpha value is -2.66. The predicted molar refractivity (Wildman–Crippen MR) is 120 cm³/mol. The highest BCUT2D eigenvalue weighted by Gasteiger charge is 2.27. The molecular weight excluding hydrogens is 374 g/mol. The van der Waals surface area contributed by atoms with Crippen molar-refractivity contribution < 1.29 is 9.59 Å². The van der Waals surface area contributed by atoms with Crippen LogP contribution < -0.4 is 10.6 Å². The molecule has 2 aromatic rings. The predicted octanol–water partition coefficient (Wildman–Crippen LogP) is 3.84. The number of carbonyl (C=O) groups is 2. The average molecular weight is 408 g/mol. The molecule has 2 unspecified atom stereocenters. The summed E-state index contributed by atoms with van der Waals surface area (Å²) in [6.45, 7) is 6.60. The molecule has 5 heteroatoms. The molecule has 0 spiro atoms. The first-order valence-electron chi connectivity index (χ1n) is 11.0. The molecule has 0 saturated carbocycles. The van der Waals surface area contributed by atoms with Crippen molar-refractivity contribution in [3.8, 4) is 0 Å². The van der Waals surface area contributed by atoms with E-state index in [2.05, 4.69) is 27.7 Å². The highest BCUT2D eigenvalue weighted by atomic mass is 16.2. The van der Waals surface area contributed by atoms with Crippen molar-refractivity contribution in [3.63, 3.8) is 0 Å². The lowest BCUT2D eigenvalue weighted by atomic mass is 10.0. The number of amides is 2. The molecule has 160 valence electrons. The molecule has 2 atom stereocenters. The van der Waals surface area contributed by atoms with Gasteiger partial charge in [-0.05, 0) is 43.0 Å². The van der Waals surface area contributed by atoms with E-state index in [9.17, 15) is 9.59 Å². The van der Waals surface area contributed by atoms with Crippen LogP contribution >= 0.6 is 0 Å². The number of carbonyl (C=O) groups excluding carboxylic acids is 2. The van der Waals surface area contributed by atoms with Gasteiger partial charge in [0.2, 0.25) is 11.8 Å². The van der Waals surface area contributed by atoms with Gasteiger partial charge >= 0.3 is 0 Å². The van der Waals surface area contributed by atoms with Crippen LogP contribution in [0.2, 0.25) is 0 Å². The Morgan fingerprint density at radius 1 is 0.900 bits per heavy atom. The van der Waals surface area contributed by atoms with Gasteiger partial charge in [-0.3, -0.25) is 14.5 Å². The van der Waals surface area contributed by atoms with Gasteiger partial charge in [0.25, 0.3) is 0 Å². The second kappa shape index (κ2) is 10.9. The summed E-state index contributed by atoms with van der Waals surface area (Å²) in [6, 6.07) is 19.2. The minimum absolute atomic E-state index is 0.104. The van der Waals surface area contributed by atoms with Crippen molar-refractivity contribution in [2.75, 3.05) is 19.6 Å². The van der Waals surface area contributed by atoms with Gasteiger partial charge in [0.05, 0.1) is 6.04 Å².